The topological polar surface area (TPSA) is 48.8 Å². The quantitative estimate of drug-likeness (QED) is 0.0905. The van der Waals surface area contributed by atoms with Gasteiger partial charge in [0.1, 0.15) is 5.82 Å². The molecule has 0 N–H and O–H groups in total. The van der Waals surface area contributed by atoms with E-state index in [1.54, 1.807) is 0 Å². The zero-order valence-electron chi connectivity index (χ0n) is 56.8. The van der Waals surface area contributed by atoms with E-state index in [1.165, 1.54) is 22.3 Å². The monoisotopic (exact) mass is 1430 g/mol. The number of fused-ring (bicyclic) bond motifs is 3. The van der Waals surface area contributed by atoms with E-state index in [4.69, 9.17) is 14.8 Å². The van der Waals surface area contributed by atoms with Gasteiger partial charge in [0.2, 0.25) is 12.2 Å². The van der Waals surface area contributed by atoms with Gasteiger partial charge in [-0.3, -0.25) is 0 Å². The number of hydrogen-bond acceptors (Lipinski definition) is 3. The molecule has 0 saturated carbocycles. The van der Waals surface area contributed by atoms with Crippen LogP contribution in [0.25, 0.3) is 117 Å². The van der Waals surface area contributed by atoms with Crippen molar-refractivity contribution in [2.75, 3.05) is 0 Å². The van der Waals surface area contributed by atoms with Gasteiger partial charge in [0.05, 0.1) is 0 Å². The van der Waals surface area contributed by atoms with Crippen molar-refractivity contribution in [3.63, 3.8) is 0 Å². The van der Waals surface area contributed by atoms with Gasteiger partial charge in [-0.15, -0.1) is 29.7 Å². The van der Waals surface area contributed by atoms with Crippen LogP contribution in [0.15, 0.2) is 261 Å². The molecule has 0 aliphatic rings. The van der Waals surface area contributed by atoms with Crippen molar-refractivity contribution >= 4 is 21.8 Å². The molecule has 0 radical (unpaired) electrons. The van der Waals surface area contributed by atoms with Crippen molar-refractivity contribution < 1.29 is 30.4 Å². The van der Waals surface area contributed by atoms with E-state index in [9.17, 15) is 0 Å². The van der Waals surface area contributed by atoms with Crippen LogP contribution >= 0.6 is 0 Å². The SMILES string of the molecule is CC(C)(C)c1cc(-[n+]2[c-]n(-c3[c-]c(Oc4[c-]c5c(cc4)c4cc(C(C)(C)C)ccc4n5-c4cc(C(C)(C)C)ccn4)ccc3)nc2-c2c(-c3cc(-c4ccccc4)cc(-c4ccccc4)c3)cccc2-c2cc(-c3ccccc3)cc(-c3ccccc3)c2)cc(C(C)(C)C)c1.[Pt]. The fourth-order valence-electron chi connectivity index (χ4n) is 12.8. The molecule has 3 aromatic heterocycles. The first-order valence-electron chi connectivity index (χ1n) is 33.0. The van der Waals surface area contributed by atoms with Crippen LogP contribution < -0.4 is 9.30 Å². The van der Waals surface area contributed by atoms with Gasteiger partial charge in [-0.1, -0.05) is 258 Å². The summed E-state index contributed by atoms with van der Waals surface area (Å²) in [4.78, 5) is 5.00. The Morgan fingerprint density at radius 2 is 0.833 bits per heavy atom. The zero-order chi connectivity index (χ0) is 66.0. The molecular formula is C89H79N5OPt-2. The summed E-state index contributed by atoms with van der Waals surface area (Å²) in [5.41, 5.74) is 21.9. The van der Waals surface area contributed by atoms with Gasteiger partial charge in [0.15, 0.2) is 0 Å². The maximum Gasteiger partial charge on any atom is 0.233 e. The van der Waals surface area contributed by atoms with Gasteiger partial charge in [-0.25, -0.2) is 4.98 Å². The van der Waals surface area contributed by atoms with Crippen molar-refractivity contribution in [1.82, 2.24) is 19.3 Å². The van der Waals surface area contributed by atoms with Gasteiger partial charge in [0, 0.05) is 55.5 Å². The molecule has 0 aliphatic heterocycles. The molecule has 11 aromatic carbocycles. The van der Waals surface area contributed by atoms with Gasteiger partial charge in [-0.05, 0) is 181 Å². The normalized spacial score (nSPS) is 12.1. The smallest absolute Gasteiger partial charge is 0.233 e. The van der Waals surface area contributed by atoms with Crippen molar-refractivity contribution in [2.45, 2.75) is 105 Å². The van der Waals surface area contributed by atoms with Gasteiger partial charge < -0.3 is 13.9 Å². The summed E-state index contributed by atoms with van der Waals surface area (Å²) >= 11 is 0. The zero-order valence-corrected chi connectivity index (χ0v) is 59.1. The van der Waals surface area contributed by atoms with Crippen LogP contribution in [-0.2, 0) is 42.7 Å². The predicted molar refractivity (Wildman–Crippen MR) is 393 cm³/mol. The molecule has 0 bridgehead atoms. The largest absolute Gasteiger partial charge is 0.510 e. The molecule has 0 amide bonds. The third kappa shape index (κ3) is 13.1. The standard InChI is InChI=1S/C89H79N5O.Pt/c1-86(2,3)69-39-42-81-80(54-69)79-41-40-76(57-82(79)94(81)83-55-70(43-44-90-83)87(4,5)6)95-75-36-25-35-73(56-75)93-58-92(74-52-71(88(7,8)9)51-72(53-74)89(10,11)12)85(91-93)84-77(67-47-63(59-27-17-13-18-28-59)45-64(48-67)60-29-19-14-20-30-60)37-26-38-78(84)68-49-65(61-31-21-15-22-32-61)46-66(50-68)62-33-23-16-24-34-62;/h13-55H,1-12H3;/q-2;. The number of hydrogen-bond donors (Lipinski definition) is 0. The first-order valence-corrected chi connectivity index (χ1v) is 33.0. The fourth-order valence-corrected chi connectivity index (χ4v) is 12.8. The van der Waals surface area contributed by atoms with E-state index in [0.29, 0.717) is 23.0 Å². The second kappa shape index (κ2) is 25.6. The Balaban J connectivity index is 0.00000833. The molecule has 3 heterocycles. The average molecular weight is 1430 g/mol. The van der Waals surface area contributed by atoms with Crippen molar-refractivity contribution in [1.29, 1.82) is 0 Å². The third-order valence-corrected chi connectivity index (χ3v) is 18.3. The summed E-state index contributed by atoms with van der Waals surface area (Å²) < 4.78 is 13.2. The van der Waals surface area contributed by atoms with Crippen LogP contribution in [0.3, 0.4) is 0 Å². The Labute approximate surface area is 580 Å². The van der Waals surface area contributed by atoms with Crippen molar-refractivity contribution in [3.05, 3.63) is 302 Å². The van der Waals surface area contributed by atoms with Gasteiger partial charge >= 0.3 is 0 Å². The number of aromatic nitrogens is 5. The van der Waals surface area contributed by atoms with Crippen LogP contribution in [0.5, 0.6) is 11.5 Å². The van der Waals surface area contributed by atoms with E-state index in [2.05, 4.69) is 341 Å². The average Bonchev–Trinajstić information content (AvgIpc) is 1.55. The fraction of sp³-hybridized carbons (Fsp3) is 0.180. The van der Waals surface area contributed by atoms with E-state index in [0.717, 1.165) is 106 Å². The third-order valence-electron chi connectivity index (χ3n) is 18.3. The van der Waals surface area contributed by atoms with E-state index in [-0.39, 0.29) is 42.7 Å². The molecule has 96 heavy (non-hydrogen) atoms. The molecular weight excluding hydrogens is 1350 g/mol. The second-order valence-corrected chi connectivity index (χ2v) is 29.3. The molecule has 0 atom stereocenters. The summed E-state index contributed by atoms with van der Waals surface area (Å²) in [6, 6.07) is 99.3. The maximum absolute atomic E-state index is 6.94. The molecule has 0 fully saturated rings. The molecule has 7 heteroatoms. The first-order chi connectivity index (χ1) is 45.6. The molecule has 0 unspecified atom stereocenters. The molecule has 478 valence electrons. The van der Waals surface area contributed by atoms with Crippen LogP contribution in [-0.4, -0.2) is 19.3 Å². The van der Waals surface area contributed by atoms with Crippen molar-refractivity contribution in [3.8, 4) is 107 Å². The van der Waals surface area contributed by atoms with E-state index >= 15 is 0 Å². The number of rotatable bonds is 12. The number of pyridine rings is 1. The van der Waals surface area contributed by atoms with Crippen LogP contribution in [0.4, 0.5) is 0 Å². The molecule has 14 aromatic rings. The Morgan fingerprint density at radius 1 is 0.375 bits per heavy atom. The molecule has 0 saturated heterocycles. The molecule has 6 nitrogen and oxygen atoms in total. The minimum atomic E-state index is -0.191. The minimum absolute atomic E-state index is 0. The summed E-state index contributed by atoms with van der Waals surface area (Å²) in [7, 11) is 0. The van der Waals surface area contributed by atoms with Crippen LogP contribution in [0.1, 0.15) is 105 Å². The number of benzene rings is 11. The number of ether oxygens (including phenoxy) is 1. The van der Waals surface area contributed by atoms with Gasteiger partial charge in [-0.2, -0.15) is 22.9 Å². The second-order valence-electron chi connectivity index (χ2n) is 29.3. The Morgan fingerprint density at radius 3 is 1.32 bits per heavy atom. The maximum atomic E-state index is 6.94. The first kappa shape index (κ1) is 64.7. The Bertz CT molecular complexity index is 4880. The predicted octanol–water partition coefficient (Wildman–Crippen LogP) is 22.7. The van der Waals surface area contributed by atoms with E-state index < -0.39 is 0 Å². The molecule has 0 aliphatic carbocycles. The minimum Gasteiger partial charge on any atom is -0.510 e. The van der Waals surface area contributed by atoms with Crippen LogP contribution in [0.2, 0.25) is 0 Å². The number of nitrogens with zero attached hydrogens (tertiary/aromatic N) is 5. The summed E-state index contributed by atoms with van der Waals surface area (Å²) in [5, 5.41) is 8.04. The molecule has 0 spiro atoms. The molecule has 14 rings (SSSR count). The van der Waals surface area contributed by atoms with Crippen molar-refractivity contribution in [2.24, 2.45) is 0 Å². The van der Waals surface area contributed by atoms with Crippen LogP contribution in [0, 0.1) is 18.5 Å². The summed E-state index contributed by atoms with van der Waals surface area (Å²) in [6.07, 6.45) is 5.80. The Kier molecular flexibility index (Phi) is 17.3. The Hall–Kier alpha value is -10.0. The van der Waals surface area contributed by atoms with E-state index in [1.807, 2.05) is 35.1 Å². The summed E-state index contributed by atoms with van der Waals surface area (Å²) in [6.45, 7) is 27.2. The summed E-state index contributed by atoms with van der Waals surface area (Å²) in [5.74, 6) is 2.58. The van der Waals surface area contributed by atoms with Gasteiger partial charge in [0.25, 0.3) is 0 Å².